The lowest BCUT2D eigenvalue weighted by Gasteiger charge is -2.42. The molecule has 2 heterocycles. The maximum atomic E-state index is 6.61. The zero-order valence-electron chi connectivity index (χ0n) is 16.8. The molecule has 1 unspecified atom stereocenters. The molecule has 0 aromatic carbocycles. The van der Waals surface area contributed by atoms with Crippen LogP contribution in [0.1, 0.15) is 40.0 Å². The lowest BCUT2D eigenvalue weighted by molar-refractivity contribution is 0.0749. The predicted octanol–water partition coefficient (Wildman–Crippen LogP) is 4.68. The van der Waals surface area contributed by atoms with Crippen molar-refractivity contribution in [2.24, 2.45) is 0 Å². The first kappa shape index (κ1) is 21.7. The van der Waals surface area contributed by atoms with Gasteiger partial charge < -0.3 is 19.8 Å². The van der Waals surface area contributed by atoms with Crippen LogP contribution in [0.4, 0.5) is 5.69 Å². The van der Waals surface area contributed by atoms with Crippen LogP contribution >= 0.6 is 15.9 Å². The average Bonchev–Trinajstić information content (AvgIpc) is 2.52. The van der Waals surface area contributed by atoms with Crippen LogP contribution in [0, 0.1) is 0 Å². The van der Waals surface area contributed by atoms with Gasteiger partial charge in [0.15, 0.2) is 8.32 Å². The van der Waals surface area contributed by atoms with Gasteiger partial charge in [-0.15, -0.1) is 0 Å². The maximum Gasteiger partial charge on any atom is 0.237 e. The van der Waals surface area contributed by atoms with Crippen molar-refractivity contribution in [3.8, 4) is 5.88 Å². The Hall–Kier alpha value is -0.633. The second-order valence-corrected chi connectivity index (χ2v) is 14.4. The Kier molecular flexibility index (Phi) is 7.53. The molecule has 26 heavy (non-hydrogen) atoms. The number of ether oxygens (including phenoxy) is 1. The second kappa shape index (κ2) is 9.04. The summed E-state index contributed by atoms with van der Waals surface area (Å²) in [5.41, 5.74) is 6.49. The molecule has 0 amide bonds. The Morgan fingerprint density at radius 2 is 2.12 bits per heavy atom. The summed E-state index contributed by atoms with van der Waals surface area (Å²) >= 11 is 3.35. The molecule has 7 heteroatoms. The molecule has 1 saturated heterocycles. The molecule has 1 aromatic heterocycles. The lowest BCUT2D eigenvalue weighted by Crippen LogP contribution is -2.49. The van der Waals surface area contributed by atoms with Crippen molar-refractivity contribution >= 4 is 29.9 Å². The number of anilines is 1. The number of nitrogen functional groups attached to an aromatic ring is 1. The summed E-state index contributed by atoms with van der Waals surface area (Å²) in [5, 5.41) is 0.265. The molecule has 1 aliphatic rings. The van der Waals surface area contributed by atoms with Gasteiger partial charge in [-0.3, -0.25) is 0 Å². The summed E-state index contributed by atoms with van der Waals surface area (Å²) < 4.78 is 13.2. The van der Waals surface area contributed by atoms with E-state index in [0.717, 1.165) is 30.5 Å². The molecule has 0 spiro atoms. The summed E-state index contributed by atoms with van der Waals surface area (Å²) in [7, 11) is -1.69. The van der Waals surface area contributed by atoms with Gasteiger partial charge >= 0.3 is 0 Å². The van der Waals surface area contributed by atoms with Gasteiger partial charge in [-0.2, -0.15) is 0 Å². The smallest absolute Gasteiger partial charge is 0.237 e. The number of hydrogen-bond acceptors (Lipinski definition) is 5. The molecule has 1 fully saturated rings. The van der Waals surface area contributed by atoms with Crippen molar-refractivity contribution in [2.45, 2.75) is 64.3 Å². The van der Waals surface area contributed by atoms with Gasteiger partial charge in [-0.05, 0) is 65.9 Å². The summed E-state index contributed by atoms with van der Waals surface area (Å²) in [4.78, 5) is 6.72. The Morgan fingerprint density at radius 3 is 2.77 bits per heavy atom. The molecular formula is C19H34BrN3O2Si. The largest absolute Gasteiger partial charge is 0.476 e. The molecule has 2 N–H and O–H groups in total. The van der Waals surface area contributed by atoms with Crippen molar-refractivity contribution < 1.29 is 9.16 Å². The number of nitrogens with two attached hydrogens (primary N) is 1. The number of aromatic nitrogens is 1. The minimum Gasteiger partial charge on any atom is -0.476 e. The van der Waals surface area contributed by atoms with Crippen LogP contribution < -0.4 is 10.5 Å². The zero-order valence-corrected chi connectivity index (χ0v) is 19.4. The lowest BCUT2D eigenvalue weighted by atomic mass is 10.1. The van der Waals surface area contributed by atoms with Crippen LogP contribution in [0.15, 0.2) is 16.7 Å². The van der Waals surface area contributed by atoms with E-state index < -0.39 is 8.32 Å². The SMILES string of the molecule is CC(C)(C)[Si](C)(C)OC1CCCN(CCCOc2ncc(Br)cc2N)C1. The molecule has 0 radical (unpaired) electrons. The third-order valence-electron chi connectivity index (χ3n) is 5.43. The highest BCUT2D eigenvalue weighted by Crippen LogP contribution is 2.38. The molecule has 0 aliphatic carbocycles. The highest BCUT2D eigenvalue weighted by molar-refractivity contribution is 9.10. The van der Waals surface area contributed by atoms with E-state index in [0.29, 0.717) is 24.3 Å². The van der Waals surface area contributed by atoms with E-state index in [4.69, 9.17) is 14.9 Å². The number of piperidine rings is 1. The monoisotopic (exact) mass is 443 g/mol. The average molecular weight is 444 g/mol. The van der Waals surface area contributed by atoms with E-state index in [1.165, 1.54) is 12.8 Å². The van der Waals surface area contributed by atoms with E-state index in [1.807, 2.05) is 6.07 Å². The first-order chi connectivity index (χ1) is 12.1. The molecule has 1 aromatic rings. The van der Waals surface area contributed by atoms with Gasteiger partial charge in [0, 0.05) is 23.8 Å². The number of rotatable bonds is 7. The van der Waals surface area contributed by atoms with Crippen molar-refractivity contribution in [3.63, 3.8) is 0 Å². The Bertz CT molecular complexity index is 593. The van der Waals surface area contributed by atoms with Crippen LogP contribution in [-0.2, 0) is 4.43 Å². The van der Waals surface area contributed by atoms with Crippen LogP contribution in [0.2, 0.25) is 18.1 Å². The van der Waals surface area contributed by atoms with Gasteiger partial charge in [0.2, 0.25) is 5.88 Å². The second-order valence-electron chi connectivity index (χ2n) is 8.69. The number of hydrogen-bond donors (Lipinski definition) is 1. The topological polar surface area (TPSA) is 60.6 Å². The van der Waals surface area contributed by atoms with E-state index in [9.17, 15) is 0 Å². The Labute approximate surface area is 167 Å². The fourth-order valence-corrected chi connectivity index (χ4v) is 4.65. The third-order valence-corrected chi connectivity index (χ3v) is 10.4. The van der Waals surface area contributed by atoms with E-state index >= 15 is 0 Å². The van der Waals surface area contributed by atoms with Gasteiger partial charge in [0.1, 0.15) is 0 Å². The molecule has 5 nitrogen and oxygen atoms in total. The number of halogens is 1. The fourth-order valence-electron chi connectivity index (χ4n) is 2.93. The summed E-state index contributed by atoms with van der Waals surface area (Å²) in [6.45, 7) is 15.4. The van der Waals surface area contributed by atoms with Gasteiger partial charge in [0.05, 0.1) is 18.4 Å². The van der Waals surface area contributed by atoms with E-state index in [1.54, 1.807) is 6.20 Å². The van der Waals surface area contributed by atoms with Crippen LogP contribution in [0.25, 0.3) is 0 Å². The minimum atomic E-state index is -1.69. The summed E-state index contributed by atoms with van der Waals surface area (Å²) in [6, 6.07) is 1.82. The molecule has 0 bridgehead atoms. The van der Waals surface area contributed by atoms with E-state index in [2.05, 4.69) is 59.7 Å². The zero-order chi connectivity index (χ0) is 19.4. The molecule has 148 valence electrons. The van der Waals surface area contributed by atoms with Crippen molar-refractivity contribution in [1.82, 2.24) is 9.88 Å². The minimum absolute atomic E-state index is 0.265. The van der Waals surface area contributed by atoms with Crippen LogP contribution in [0.5, 0.6) is 5.88 Å². The quantitative estimate of drug-likeness (QED) is 0.489. The third kappa shape index (κ3) is 6.22. The maximum absolute atomic E-state index is 6.61. The fraction of sp³-hybridized carbons (Fsp3) is 0.737. The Morgan fingerprint density at radius 1 is 1.38 bits per heavy atom. The first-order valence-corrected chi connectivity index (χ1v) is 13.2. The number of pyridine rings is 1. The van der Waals surface area contributed by atoms with Gasteiger partial charge in [-0.1, -0.05) is 20.8 Å². The first-order valence-electron chi connectivity index (χ1n) is 9.52. The standard InChI is InChI=1S/C19H34BrN3O2Si/c1-19(2,3)26(4,5)25-16-8-6-9-23(14-16)10-7-11-24-18-17(21)12-15(20)13-22-18/h12-13,16H,6-11,14,21H2,1-5H3. The van der Waals surface area contributed by atoms with Crippen LogP contribution in [-0.4, -0.2) is 50.5 Å². The summed E-state index contributed by atoms with van der Waals surface area (Å²) in [5.74, 6) is 0.519. The number of nitrogens with zero attached hydrogens (tertiary/aromatic N) is 2. The highest BCUT2D eigenvalue weighted by atomic mass is 79.9. The van der Waals surface area contributed by atoms with E-state index in [-0.39, 0.29) is 5.04 Å². The molecule has 2 rings (SSSR count). The summed E-state index contributed by atoms with van der Waals surface area (Å²) in [6.07, 6.45) is 5.43. The van der Waals surface area contributed by atoms with Crippen molar-refractivity contribution in [3.05, 3.63) is 16.7 Å². The number of likely N-dealkylation sites (tertiary alicyclic amines) is 1. The molecule has 1 atom stereocenters. The van der Waals surface area contributed by atoms with Gasteiger partial charge in [0.25, 0.3) is 0 Å². The van der Waals surface area contributed by atoms with Crippen LogP contribution in [0.3, 0.4) is 0 Å². The molecular weight excluding hydrogens is 410 g/mol. The van der Waals surface area contributed by atoms with Crippen molar-refractivity contribution in [2.75, 3.05) is 32.0 Å². The normalized spacial score (nSPS) is 19.5. The van der Waals surface area contributed by atoms with Crippen molar-refractivity contribution in [1.29, 1.82) is 0 Å². The highest BCUT2D eigenvalue weighted by Gasteiger charge is 2.39. The van der Waals surface area contributed by atoms with Gasteiger partial charge in [-0.25, -0.2) is 4.98 Å². The molecule has 0 saturated carbocycles. The molecule has 1 aliphatic heterocycles. The Balaban J connectivity index is 1.74. The predicted molar refractivity (Wildman–Crippen MR) is 114 cm³/mol.